The van der Waals surface area contributed by atoms with Crippen molar-refractivity contribution in [1.29, 1.82) is 0 Å². The molecular weight excluding hydrogens is 290 g/mol. The Hall–Kier alpha value is -2.07. The van der Waals surface area contributed by atoms with Gasteiger partial charge in [-0.15, -0.1) is 0 Å². The molecule has 3 rings (SSSR count). The second-order valence-electron chi connectivity index (χ2n) is 6.40. The predicted octanol–water partition coefficient (Wildman–Crippen LogP) is 3.06. The van der Waals surface area contributed by atoms with E-state index in [1.807, 2.05) is 24.3 Å². The van der Waals surface area contributed by atoms with Gasteiger partial charge in [0.25, 0.3) is 0 Å². The fraction of sp³-hybridized carbons (Fsp3) is 0.421. The van der Waals surface area contributed by atoms with Crippen molar-refractivity contribution in [3.05, 3.63) is 47.6 Å². The van der Waals surface area contributed by atoms with Crippen LogP contribution >= 0.6 is 0 Å². The fourth-order valence-electron chi connectivity index (χ4n) is 3.56. The summed E-state index contributed by atoms with van der Waals surface area (Å²) < 4.78 is 5.13. The number of allylic oxidation sites excluding steroid dienone is 2. The van der Waals surface area contributed by atoms with E-state index in [1.165, 1.54) is 0 Å². The number of carboxylic acid groups (broad SMARTS) is 1. The number of nitrogens with zero attached hydrogens (tertiary/aromatic N) is 1. The molecule has 1 saturated heterocycles. The molecular formula is C19H23NO3. The monoisotopic (exact) mass is 313 g/mol. The van der Waals surface area contributed by atoms with Crippen LogP contribution in [0, 0.1) is 11.8 Å². The zero-order chi connectivity index (χ0) is 16.2. The number of fused-ring (bicyclic) bond motifs is 1. The molecule has 1 aliphatic carbocycles. The Morgan fingerprint density at radius 2 is 1.83 bits per heavy atom. The third-order valence-electron chi connectivity index (χ3n) is 4.82. The molecule has 23 heavy (non-hydrogen) atoms. The van der Waals surface area contributed by atoms with Crippen LogP contribution in [0.15, 0.2) is 42.0 Å². The molecule has 2 atom stereocenters. The summed E-state index contributed by atoms with van der Waals surface area (Å²) in [5.74, 6) is 1.32. The van der Waals surface area contributed by atoms with Crippen molar-refractivity contribution in [3.63, 3.8) is 0 Å². The van der Waals surface area contributed by atoms with Crippen LogP contribution in [-0.2, 0) is 4.79 Å². The lowest BCUT2D eigenvalue weighted by molar-refractivity contribution is -0.132. The quantitative estimate of drug-likeness (QED) is 0.670. The van der Waals surface area contributed by atoms with Crippen molar-refractivity contribution < 1.29 is 14.6 Å². The number of rotatable bonds is 5. The van der Waals surface area contributed by atoms with Gasteiger partial charge in [0.2, 0.25) is 0 Å². The van der Waals surface area contributed by atoms with Gasteiger partial charge in [0, 0.05) is 19.6 Å². The van der Waals surface area contributed by atoms with Crippen LogP contribution in [0.2, 0.25) is 0 Å². The average Bonchev–Trinajstić information content (AvgIpc) is 2.97. The van der Waals surface area contributed by atoms with Crippen molar-refractivity contribution in [2.75, 3.05) is 26.7 Å². The highest BCUT2D eigenvalue weighted by Gasteiger charge is 2.33. The van der Waals surface area contributed by atoms with Gasteiger partial charge in [-0.1, -0.05) is 24.3 Å². The normalized spacial score (nSPS) is 24.5. The van der Waals surface area contributed by atoms with E-state index in [0.717, 1.165) is 37.2 Å². The molecule has 1 aromatic carbocycles. The molecule has 122 valence electrons. The van der Waals surface area contributed by atoms with Crippen molar-refractivity contribution in [3.8, 4) is 5.75 Å². The maximum atomic E-state index is 11.6. The van der Waals surface area contributed by atoms with E-state index in [0.29, 0.717) is 24.0 Å². The third-order valence-corrected chi connectivity index (χ3v) is 4.82. The van der Waals surface area contributed by atoms with E-state index in [2.05, 4.69) is 17.1 Å². The number of carbonyl (C=O) groups is 1. The van der Waals surface area contributed by atoms with E-state index in [4.69, 9.17) is 4.74 Å². The van der Waals surface area contributed by atoms with Crippen LogP contribution in [0.3, 0.4) is 0 Å². The second kappa shape index (κ2) is 7.01. The molecule has 2 unspecified atom stereocenters. The van der Waals surface area contributed by atoms with Gasteiger partial charge in [-0.3, -0.25) is 4.90 Å². The lowest BCUT2D eigenvalue weighted by Gasteiger charge is -2.18. The number of hydrogen-bond acceptors (Lipinski definition) is 3. The Morgan fingerprint density at radius 3 is 2.35 bits per heavy atom. The smallest absolute Gasteiger partial charge is 0.332 e. The van der Waals surface area contributed by atoms with Crippen LogP contribution in [-0.4, -0.2) is 42.7 Å². The lowest BCUT2D eigenvalue weighted by Crippen LogP contribution is -2.26. The molecule has 0 saturated carbocycles. The first-order valence-electron chi connectivity index (χ1n) is 8.11. The van der Waals surface area contributed by atoms with Crippen molar-refractivity contribution in [2.24, 2.45) is 11.8 Å². The van der Waals surface area contributed by atoms with Crippen LogP contribution < -0.4 is 4.74 Å². The molecule has 4 nitrogen and oxygen atoms in total. The van der Waals surface area contributed by atoms with Gasteiger partial charge >= 0.3 is 5.97 Å². The standard InChI is InChI=1S/C19H23NO3/c1-23-18-8-6-14(7-9-18)10-17(19(21)22)13-20-11-15-4-2-3-5-16(15)12-20/h2-3,6-10,15-16H,4-5,11-13H2,1H3,(H,21,22). The number of methoxy groups -OCH3 is 1. The van der Waals surface area contributed by atoms with Gasteiger partial charge < -0.3 is 9.84 Å². The van der Waals surface area contributed by atoms with E-state index in [9.17, 15) is 9.90 Å². The summed E-state index contributed by atoms with van der Waals surface area (Å²) in [4.78, 5) is 13.9. The minimum atomic E-state index is -0.839. The van der Waals surface area contributed by atoms with E-state index in [-0.39, 0.29) is 0 Å². The number of hydrogen-bond donors (Lipinski definition) is 1. The van der Waals surface area contributed by atoms with Gasteiger partial charge in [-0.2, -0.15) is 0 Å². The highest BCUT2D eigenvalue weighted by molar-refractivity contribution is 5.92. The lowest BCUT2D eigenvalue weighted by atomic mass is 9.86. The van der Waals surface area contributed by atoms with Crippen LogP contribution in [0.25, 0.3) is 6.08 Å². The molecule has 0 aromatic heterocycles. The Bertz CT molecular complexity index is 602. The molecule has 4 heteroatoms. The van der Waals surface area contributed by atoms with Gasteiger partial charge in [0.1, 0.15) is 5.75 Å². The highest BCUT2D eigenvalue weighted by atomic mass is 16.5. The summed E-state index contributed by atoms with van der Waals surface area (Å²) in [6.07, 6.45) is 8.55. The summed E-state index contributed by atoms with van der Waals surface area (Å²) >= 11 is 0. The van der Waals surface area contributed by atoms with Crippen molar-refractivity contribution in [1.82, 2.24) is 4.90 Å². The first-order valence-corrected chi connectivity index (χ1v) is 8.11. The molecule has 1 aliphatic heterocycles. The Balaban J connectivity index is 1.69. The summed E-state index contributed by atoms with van der Waals surface area (Å²) in [5.41, 5.74) is 1.34. The second-order valence-corrected chi connectivity index (χ2v) is 6.40. The maximum absolute atomic E-state index is 11.6. The minimum Gasteiger partial charge on any atom is -0.497 e. The third kappa shape index (κ3) is 3.82. The Kier molecular flexibility index (Phi) is 4.82. The Morgan fingerprint density at radius 1 is 1.22 bits per heavy atom. The van der Waals surface area contributed by atoms with Gasteiger partial charge in [-0.05, 0) is 48.4 Å². The van der Waals surface area contributed by atoms with Crippen LogP contribution in [0.1, 0.15) is 18.4 Å². The number of benzene rings is 1. The number of likely N-dealkylation sites (tertiary alicyclic amines) is 1. The largest absolute Gasteiger partial charge is 0.497 e. The number of aliphatic carboxylic acids is 1. The summed E-state index contributed by atoms with van der Waals surface area (Å²) in [5, 5.41) is 9.52. The Labute approximate surface area is 137 Å². The van der Waals surface area contributed by atoms with Gasteiger partial charge in [-0.25, -0.2) is 4.79 Å². The molecule has 1 aromatic rings. The zero-order valence-corrected chi connectivity index (χ0v) is 13.4. The SMILES string of the molecule is COc1ccc(C=C(CN2CC3CC=CCC3C2)C(=O)O)cc1. The number of carboxylic acids is 1. The molecule has 1 fully saturated rings. The van der Waals surface area contributed by atoms with E-state index in [1.54, 1.807) is 13.2 Å². The maximum Gasteiger partial charge on any atom is 0.332 e. The molecule has 0 bridgehead atoms. The molecule has 1 heterocycles. The highest BCUT2D eigenvalue weighted by Crippen LogP contribution is 2.33. The topological polar surface area (TPSA) is 49.8 Å². The number of ether oxygens (including phenoxy) is 1. The molecule has 0 radical (unpaired) electrons. The summed E-state index contributed by atoms with van der Waals surface area (Å²) in [6.45, 7) is 2.51. The van der Waals surface area contributed by atoms with Crippen molar-refractivity contribution >= 4 is 12.0 Å². The average molecular weight is 313 g/mol. The van der Waals surface area contributed by atoms with Gasteiger partial charge in [0.15, 0.2) is 0 Å². The first-order chi connectivity index (χ1) is 11.2. The molecule has 2 aliphatic rings. The van der Waals surface area contributed by atoms with Crippen molar-refractivity contribution in [2.45, 2.75) is 12.8 Å². The van der Waals surface area contributed by atoms with Crippen LogP contribution in [0.5, 0.6) is 5.75 Å². The van der Waals surface area contributed by atoms with E-state index < -0.39 is 5.97 Å². The summed E-state index contributed by atoms with van der Waals surface area (Å²) in [7, 11) is 1.62. The van der Waals surface area contributed by atoms with Crippen LogP contribution in [0.4, 0.5) is 0 Å². The molecule has 0 spiro atoms. The first kappa shape index (κ1) is 15.8. The van der Waals surface area contributed by atoms with Gasteiger partial charge in [0.05, 0.1) is 12.7 Å². The van der Waals surface area contributed by atoms with E-state index >= 15 is 0 Å². The predicted molar refractivity (Wildman–Crippen MR) is 90.4 cm³/mol. The molecule has 0 amide bonds. The minimum absolute atomic E-state index is 0.446. The summed E-state index contributed by atoms with van der Waals surface area (Å²) in [6, 6.07) is 7.47. The molecule has 1 N–H and O–H groups in total. The fourth-order valence-corrected chi connectivity index (χ4v) is 3.56. The zero-order valence-electron chi connectivity index (χ0n) is 13.4.